The molecule has 0 aliphatic carbocycles. The van der Waals surface area contributed by atoms with Crippen LogP contribution in [0.2, 0.25) is 0 Å². The molecule has 0 fully saturated rings. The lowest BCUT2D eigenvalue weighted by Crippen LogP contribution is -2.25. The van der Waals surface area contributed by atoms with Crippen molar-refractivity contribution in [2.45, 2.75) is 19.9 Å². The molecule has 2 N–H and O–H groups in total. The van der Waals surface area contributed by atoms with Crippen molar-refractivity contribution in [3.05, 3.63) is 29.3 Å². The van der Waals surface area contributed by atoms with Crippen LogP contribution in [0.15, 0.2) is 18.2 Å². The molecule has 1 aromatic rings. The van der Waals surface area contributed by atoms with E-state index in [1.165, 1.54) is 6.26 Å². The normalized spacial score (nSPS) is 13.6. The van der Waals surface area contributed by atoms with Gasteiger partial charge in [0.05, 0.1) is 5.75 Å². The van der Waals surface area contributed by atoms with Crippen molar-refractivity contribution < 1.29 is 13.5 Å². The second-order valence-electron chi connectivity index (χ2n) is 4.37. The van der Waals surface area contributed by atoms with Gasteiger partial charge in [0.1, 0.15) is 15.6 Å². The smallest absolute Gasteiger partial charge is 0.148 e. The Morgan fingerprint density at radius 3 is 2.65 bits per heavy atom. The van der Waals surface area contributed by atoms with E-state index in [2.05, 4.69) is 5.32 Å². The van der Waals surface area contributed by atoms with Crippen molar-refractivity contribution >= 4 is 9.84 Å². The highest BCUT2D eigenvalue weighted by molar-refractivity contribution is 7.90. The molecule has 0 saturated carbocycles. The highest BCUT2D eigenvalue weighted by atomic mass is 32.2. The fourth-order valence-electron chi connectivity index (χ4n) is 1.59. The van der Waals surface area contributed by atoms with Gasteiger partial charge in [-0.05, 0) is 19.9 Å². The van der Waals surface area contributed by atoms with Crippen LogP contribution in [-0.4, -0.2) is 32.1 Å². The molecule has 0 aliphatic heterocycles. The summed E-state index contributed by atoms with van der Waals surface area (Å²) in [4.78, 5) is 0. The Bertz CT molecular complexity index is 483. The van der Waals surface area contributed by atoms with E-state index in [9.17, 15) is 13.5 Å². The Balaban J connectivity index is 2.64. The first-order valence-corrected chi connectivity index (χ1v) is 7.56. The monoisotopic (exact) mass is 257 g/mol. The summed E-state index contributed by atoms with van der Waals surface area (Å²) in [6.45, 7) is 4.23. The summed E-state index contributed by atoms with van der Waals surface area (Å²) in [5.41, 5.74) is 1.85. The van der Waals surface area contributed by atoms with Crippen LogP contribution in [0.3, 0.4) is 0 Å². The predicted molar refractivity (Wildman–Crippen MR) is 69.0 cm³/mol. The maximum Gasteiger partial charge on any atom is 0.148 e. The molecule has 0 amide bonds. The van der Waals surface area contributed by atoms with Crippen LogP contribution >= 0.6 is 0 Å². The van der Waals surface area contributed by atoms with Gasteiger partial charge >= 0.3 is 0 Å². The first kappa shape index (κ1) is 14.0. The van der Waals surface area contributed by atoms with Gasteiger partial charge in [0.2, 0.25) is 0 Å². The molecule has 0 bridgehead atoms. The molecule has 0 radical (unpaired) electrons. The summed E-state index contributed by atoms with van der Waals surface area (Å²) < 4.78 is 22.0. The van der Waals surface area contributed by atoms with Crippen LogP contribution in [0.25, 0.3) is 0 Å². The van der Waals surface area contributed by atoms with Gasteiger partial charge in [0.25, 0.3) is 0 Å². The van der Waals surface area contributed by atoms with Gasteiger partial charge in [-0.2, -0.15) is 0 Å². The minimum absolute atomic E-state index is 0.0725. The molecule has 0 aromatic heterocycles. The molecule has 1 rings (SSSR count). The highest BCUT2D eigenvalue weighted by Gasteiger charge is 2.11. The number of benzene rings is 1. The molecule has 0 spiro atoms. The number of nitrogens with one attached hydrogen (secondary N) is 1. The fourth-order valence-corrected chi connectivity index (χ4v) is 2.08. The van der Waals surface area contributed by atoms with E-state index in [1.54, 1.807) is 6.07 Å². The van der Waals surface area contributed by atoms with E-state index < -0.39 is 9.84 Å². The second kappa shape index (κ2) is 5.51. The molecule has 1 unspecified atom stereocenters. The Labute approximate surface area is 103 Å². The van der Waals surface area contributed by atoms with E-state index >= 15 is 0 Å². The number of phenols is 1. The summed E-state index contributed by atoms with van der Waals surface area (Å²) >= 11 is 0. The molecule has 0 heterocycles. The third-order valence-corrected chi connectivity index (χ3v) is 3.52. The van der Waals surface area contributed by atoms with Gasteiger partial charge in [-0.3, -0.25) is 0 Å². The topological polar surface area (TPSA) is 66.4 Å². The van der Waals surface area contributed by atoms with Crippen LogP contribution in [0.5, 0.6) is 5.75 Å². The molecule has 1 atom stereocenters. The third-order valence-electron chi connectivity index (χ3n) is 2.57. The molecular formula is C12H19NO3S. The van der Waals surface area contributed by atoms with Crippen LogP contribution in [0.1, 0.15) is 24.1 Å². The zero-order chi connectivity index (χ0) is 13.1. The first-order valence-electron chi connectivity index (χ1n) is 5.50. The average Bonchev–Trinajstić information content (AvgIpc) is 2.19. The van der Waals surface area contributed by atoms with Gasteiger partial charge in [0, 0.05) is 24.4 Å². The van der Waals surface area contributed by atoms with E-state index in [0.717, 1.165) is 11.1 Å². The van der Waals surface area contributed by atoms with Crippen molar-refractivity contribution in [2.24, 2.45) is 0 Å². The highest BCUT2D eigenvalue weighted by Crippen LogP contribution is 2.24. The standard InChI is InChI=1S/C12H19NO3S/c1-9-4-5-12(14)11(8-9)10(2)13-6-7-17(3,15)16/h4-5,8,10,13-14H,6-7H2,1-3H3. The Morgan fingerprint density at radius 1 is 1.41 bits per heavy atom. The van der Waals surface area contributed by atoms with Crippen LogP contribution in [0, 0.1) is 6.92 Å². The number of hydrogen-bond donors (Lipinski definition) is 2. The molecular weight excluding hydrogens is 238 g/mol. The number of rotatable bonds is 5. The maximum absolute atomic E-state index is 11.0. The lowest BCUT2D eigenvalue weighted by atomic mass is 10.0. The zero-order valence-corrected chi connectivity index (χ0v) is 11.2. The lowest BCUT2D eigenvalue weighted by molar-refractivity contribution is 0.454. The second-order valence-corrected chi connectivity index (χ2v) is 6.63. The van der Waals surface area contributed by atoms with Crippen LogP contribution < -0.4 is 5.32 Å². The third kappa shape index (κ3) is 4.75. The van der Waals surface area contributed by atoms with Gasteiger partial charge in [-0.15, -0.1) is 0 Å². The van der Waals surface area contributed by atoms with E-state index in [4.69, 9.17) is 0 Å². The van der Waals surface area contributed by atoms with Gasteiger partial charge in [-0.25, -0.2) is 8.42 Å². The number of aryl methyl sites for hydroxylation is 1. The molecule has 0 saturated heterocycles. The average molecular weight is 257 g/mol. The van der Waals surface area contributed by atoms with Crippen LogP contribution in [0.4, 0.5) is 0 Å². The summed E-state index contributed by atoms with van der Waals surface area (Å²) in [5.74, 6) is 0.333. The van der Waals surface area contributed by atoms with Crippen molar-refractivity contribution in [1.29, 1.82) is 0 Å². The van der Waals surface area contributed by atoms with E-state index in [1.807, 2.05) is 26.0 Å². The fraction of sp³-hybridized carbons (Fsp3) is 0.500. The molecule has 4 nitrogen and oxygen atoms in total. The number of sulfone groups is 1. The number of hydrogen-bond acceptors (Lipinski definition) is 4. The quantitative estimate of drug-likeness (QED) is 0.836. The zero-order valence-electron chi connectivity index (χ0n) is 10.4. The van der Waals surface area contributed by atoms with Gasteiger partial charge < -0.3 is 10.4 Å². The molecule has 96 valence electrons. The predicted octanol–water partition coefficient (Wildman–Crippen LogP) is 1.40. The minimum Gasteiger partial charge on any atom is -0.508 e. The molecule has 1 aromatic carbocycles. The Hall–Kier alpha value is -1.07. The summed E-state index contributed by atoms with van der Waals surface area (Å²) in [7, 11) is -2.95. The summed E-state index contributed by atoms with van der Waals surface area (Å²) in [5, 5.41) is 12.8. The maximum atomic E-state index is 11.0. The van der Waals surface area contributed by atoms with Crippen molar-refractivity contribution in [1.82, 2.24) is 5.32 Å². The van der Waals surface area contributed by atoms with Crippen molar-refractivity contribution in [2.75, 3.05) is 18.6 Å². The number of aromatic hydroxyl groups is 1. The SMILES string of the molecule is Cc1ccc(O)c(C(C)NCCS(C)(=O)=O)c1. The van der Waals surface area contributed by atoms with E-state index in [-0.39, 0.29) is 17.5 Å². The van der Waals surface area contributed by atoms with E-state index in [0.29, 0.717) is 6.54 Å². The Morgan fingerprint density at radius 2 is 2.06 bits per heavy atom. The summed E-state index contributed by atoms with van der Waals surface area (Å²) in [6.07, 6.45) is 1.21. The number of phenolic OH excluding ortho intramolecular Hbond substituents is 1. The largest absolute Gasteiger partial charge is 0.508 e. The lowest BCUT2D eigenvalue weighted by Gasteiger charge is -2.15. The minimum atomic E-state index is -2.95. The van der Waals surface area contributed by atoms with Crippen molar-refractivity contribution in [3.8, 4) is 5.75 Å². The molecule has 5 heteroatoms. The van der Waals surface area contributed by atoms with Crippen LogP contribution in [-0.2, 0) is 9.84 Å². The van der Waals surface area contributed by atoms with Gasteiger partial charge in [0.15, 0.2) is 0 Å². The van der Waals surface area contributed by atoms with Crippen molar-refractivity contribution in [3.63, 3.8) is 0 Å². The molecule has 17 heavy (non-hydrogen) atoms. The first-order chi connectivity index (χ1) is 7.79. The Kier molecular flexibility index (Phi) is 4.54. The van der Waals surface area contributed by atoms with Gasteiger partial charge in [-0.1, -0.05) is 17.7 Å². The summed E-state index contributed by atoms with van der Waals surface area (Å²) in [6, 6.07) is 5.31. The molecule has 0 aliphatic rings.